The van der Waals surface area contributed by atoms with Crippen LogP contribution in [0, 0.1) is 0 Å². The van der Waals surface area contributed by atoms with E-state index in [1.165, 1.54) is 33.6 Å². The molecule has 1 rings (SSSR count). The van der Waals surface area contributed by atoms with E-state index in [-0.39, 0.29) is 7.92 Å². The van der Waals surface area contributed by atoms with Gasteiger partial charge in [0.05, 0.1) is 0 Å². The topological polar surface area (TPSA) is 0 Å². The monoisotopic (exact) mass is 352 g/mol. The van der Waals surface area contributed by atoms with E-state index in [9.17, 15) is 0 Å². The molecule has 0 heterocycles. The predicted octanol–water partition coefficient (Wildman–Crippen LogP) is 6.60. The minimum absolute atomic E-state index is 0.0306. The third kappa shape index (κ3) is 4.47. The Hall–Kier alpha value is -0.0671. The zero-order chi connectivity index (χ0) is 15.0. The Kier molecular flexibility index (Phi) is 8.14. The van der Waals surface area contributed by atoms with Crippen LogP contribution < -0.4 is 0 Å². The van der Waals surface area contributed by atoms with Crippen molar-refractivity contribution in [2.24, 2.45) is 0 Å². The van der Waals surface area contributed by atoms with Crippen LogP contribution in [0.25, 0.3) is 5.31 Å². The molecule has 0 aliphatic carbocycles. The number of benzene rings is 1. The average Bonchev–Trinajstić information content (AvgIpc) is 2.53. The summed E-state index contributed by atoms with van der Waals surface area (Å²) in [5, 5.41) is 6.01. The first-order valence-corrected chi connectivity index (χ1v) is 15.6. The van der Waals surface area contributed by atoms with Gasteiger partial charge in [-0.05, 0) is 0 Å². The molecule has 0 amide bonds. The average molecular weight is 351 g/mol. The van der Waals surface area contributed by atoms with Crippen molar-refractivity contribution in [3.05, 3.63) is 40.8 Å². The van der Waals surface area contributed by atoms with Crippen molar-refractivity contribution in [2.75, 3.05) is 12.3 Å². The van der Waals surface area contributed by atoms with Crippen LogP contribution in [0.2, 0.25) is 15.8 Å². The van der Waals surface area contributed by atoms with Gasteiger partial charge in [-0.1, -0.05) is 0 Å². The van der Waals surface area contributed by atoms with Crippen molar-refractivity contribution < 1.29 is 0 Å². The molecule has 0 aromatic heterocycles. The van der Waals surface area contributed by atoms with Crippen LogP contribution in [0.4, 0.5) is 0 Å². The summed E-state index contributed by atoms with van der Waals surface area (Å²) in [6, 6.07) is 11.2. The summed E-state index contributed by atoms with van der Waals surface area (Å²) in [5.74, 6) is 0. The fourth-order valence-electron chi connectivity index (χ4n) is 2.88. The molecular formula is C18H31GeP. The molecule has 0 atom stereocenters. The summed E-state index contributed by atoms with van der Waals surface area (Å²) in [6.07, 6.45) is 2.64. The summed E-state index contributed by atoms with van der Waals surface area (Å²) in [4.78, 5) is 2.83. The molecule has 2 heteroatoms. The normalized spacial score (nSPS) is 13.0. The van der Waals surface area contributed by atoms with Crippen molar-refractivity contribution >= 4 is 26.5 Å². The second kappa shape index (κ2) is 9.05. The zero-order valence-corrected chi connectivity index (χ0v) is 16.9. The summed E-state index contributed by atoms with van der Waals surface area (Å²) < 4.78 is 0. The number of hydrogen-bond acceptors (Lipinski definition) is 0. The van der Waals surface area contributed by atoms with E-state index in [1.54, 1.807) is 5.31 Å². The summed E-state index contributed by atoms with van der Waals surface area (Å²) in [5.41, 5.74) is 1.49. The Morgan fingerprint density at radius 1 is 0.900 bits per heavy atom. The molecule has 0 bridgehead atoms. The third-order valence-electron chi connectivity index (χ3n) is 4.73. The molecule has 20 heavy (non-hydrogen) atoms. The molecule has 0 radical (unpaired) electrons. The summed E-state index contributed by atoms with van der Waals surface area (Å²) in [7, 11) is 0.0306. The van der Waals surface area contributed by atoms with Crippen molar-refractivity contribution in [1.29, 1.82) is 0 Å². The maximum atomic E-state index is 2.83. The Morgan fingerprint density at radius 2 is 1.40 bits per heavy atom. The molecule has 0 fully saturated rings. The third-order valence-corrected chi connectivity index (χ3v) is 18.6. The van der Waals surface area contributed by atoms with Crippen LogP contribution in [0.15, 0.2) is 35.2 Å². The van der Waals surface area contributed by atoms with Crippen LogP contribution in [0.5, 0.6) is 0 Å². The van der Waals surface area contributed by atoms with Gasteiger partial charge in [0.25, 0.3) is 0 Å². The van der Waals surface area contributed by atoms with E-state index in [1.807, 2.05) is 0 Å². The fraction of sp³-hybridized carbons (Fsp3) is 0.556. The van der Waals surface area contributed by atoms with Crippen LogP contribution in [-0.4, -0.2) is 25.6 Å². The molecule has 1 aromatic carbocycles. The predicted molar refractivity (Wildman–Crippen MR) is 99.6 cm³/mol. The van der Waals surface area contributed by atoms with Crippen molar-refractivity contribution in [3.63, 3.8) is 0 Å². The Bertz CT molecular complexity index is 394. The van der Waals surface area contributed by atoms with Crippen molar-refractivity contribution in [3.8, 4) is 0 Å². The van der Waals surface area contributed by atoms with Crippen LogP contribution in [-0.2, 0) is 0 Å². The van der Waals surface area contributed by atoms with E-state index < -0.39 is 13.3 Å². The molecule has 0 N–H and O–H groups in total. The zero-order valence-electron chi connectivity index (χ0n) is 13.9. The van der Waals surface area contributed by atoms with Crippen LogP contribution in [0.3, 0.4) is 0 Å². The first kappa shape index (κ1) is 18.0. The SMILES string of the molecule is CCP(CC)C(=[CH][Ge]([CH2]C)([CH2]C)[CH2]C)c1ccccc1. The number of rotatable bonds is 8. The Morgan fingerprint density at radius 3 is 1.80 bits per heavy atom. The van der Waals surface area contributed by atoms with Gasteiger partial charge in [0.1, 0.15) is 0 Å². The molecule has 112 valence electrons. The molecule has 0 nitrogen and oxygen atoms in total. The van der Waals surface area contributed by atoms with E-state index >= 15 is 0 Å². The van der Waals surface area contributed by atoms with Crippen molar-refractivity contribution in [1.82, 2.24) is 0 Å². The first-order chi connectivity index (χ1) is 9.66. The van der Waals surface area contributed by atoms with Gasteiger partial charge in [-0.2, -0.15) is 0 Å². The molecule has 0 saturated carbocycles. The molecule has 0 aliphatic heterocycles. The second-order valence-electron chi connectivity index (χ2n) is 5.49. The van der Waals surface area contributed by atoms with Gasteiger partial charge >= 0.3 is 130 Å². The Balaban J connectivity index is 3.30. The molecule has 0 saturated heterocycles. The molecule has 1 aromatic rings. The van der Waals surface area contributed by atoms with Crippen LogP contribution in [0.1, 0.15) is 40.2 Å². The van der Waals surface area contributed by atoms with Gasteiger partial charge in [-0.15, -0.1) is 0 Å². The van der Waals surface area contributed by atoms with Gasteiger partial charge in [-0.25, -0.2) is 0 Å². The van der Waals surface area contributed by atoms with Gasteiger partial charge in [-0.3, -0.25) is 0 Å². The standard InChI is InChI=1S/C18H31GeP/c1-6-19(7-2,8-3)16-18(20(9-4)10-5)17-14-12-11-13-15-17/h11-16H,6-10H2,1-5H3. The summed E-state index contributed by atoms with van der Waals surface area (Å²) in [6.45, 7) is 12.0. The molecule has 0 aliphatic rings. The van der Waals surface area contributed by atoms with Crippen LogP contribution >= 0.6 is 7.92 Å². The van der Waals surface area contributed by atoms with E-state index in [4.69, 9.17) is 0 Å². The fourth-order valence-corrected chi connectivity index (χ4v) is 13.3. The van der Waals surface area contributed by atoms with Gasteiger partial charge in [0.15, 0.2) is 0 Å². The quantitative estimate of drug-likeness (QED) is 0.366. The van der Waals surface area contributed by atoms with Gasteiger partial charge in [0.2, 0.25) is 0 Å². The molecule has 0 spiro atoms. The maximum absolute atomic E-state index is 2.83. The first-order valence-electron chi connectivity index (χ1n) is 8.19. The second-order valence-corrected chi connectivity index (χ2v) is 19.1. The van der Waals surface area contributed by atoms with E-state index in [0.717, 1.165) is 0 Å². The van der Waals surface area contributed by atoms with E-state index in [2.05, 4.69) is 69.9 Å². The van der Waals surface area contributed by atoms with E-state index in [0.29, 0.717) is 0 Å². The molecule has 0 unspecified atom stereocenters. The molecular weight excluding hydrogens is 320 g/mol. The van der Waals surface area contributed by atoms with Crippen molar-refractivity contribution in [2.45, 2.75) is 50.4 Å². The van der Waals surface area contributed by atoms with Gasteiger partial charge in [0, 0.05) is 0 Å². The summed E-state index contributed by atoms with van der Waals surface area (Å²) >= 11 is -1.76. The number of hydrogen-bond donors (Lipinski definition) is 0. The Labute approximate surface area is 130 Å². The minimum atomic E-state index is -1.76. The van der Waals surface area contributed by atoms with Gasteiger partial charge < -0.3 is 0 Å².